The summed E-state index contributed by atoms with van der Waals surface area (Å²) in [6, 6.07) is 0. The molecule has 0 aliphatic heterocycles. The summed E-state index contributed by atoms with van der Waals surface area (Å²) in [4.78, 5) is 0. The van der Waals surface area contributed by atoms with Crippen LogP contribution in [0.2, 0.25) is 0 Å². The van der Waals surface area contributed by atoms with E-state index in [-0.39, 0.29) is 49.6 Å². The van der Waals surface area contributed by atoms with E-state index in [1.165, 1.54) is 0 Å². The van der Waals surface area contributed by atoms with Gasteiger partial charge in [-0.1, -0.05) is 46.4 Å². The molecule has 0 N–H and O–H groups in total. The molecule has 9 heavy (non-hydrogen) atoms. The highest BCUT2D eigenvalue weighted by molar-refractivity contribution is 6.83. The van der Waals surface area contributed by atoms with Gasteiger partial charge in [-0.2, -0.15) is 0 Å². The molecule has 0 rings (SSSR count). The molecule has 0 nitrogen and oxygen atoms in total. The van der Waals surface area contributed by atoms with Gasteiger partial charge in [0.2, 0.25) is 0 Å². The zero-order valence-electron chi connectivity index (χ0n) is 3.64. The first-order chi connectivity index (χ1) is 2.00. The zero-order valence-corrected chi connectivity index (χ0v) is 9.93. The Balaban J connectivity index is -0.0000000133. The lowest BCUT2D eigenvalue weighted by Crippen LogP contribution is -1.81. The Bertz CT molecular complexity index is 20.0. The lowest BCUT2D eigenvalue weighted by molar-refractivity contribution is 1.76. The monoisotopic (exact) mass is 296 g/mol. The molecule has 0 spiro atoms. The van der Waals surface area contributed by atoms with Crippen LogP contribution < -0.4 is 0 Å². The highest BCUT2D eigenvalue weighted by atomic mass is 35.6. The van der Waals surface area contributed by atoms with Crippen molar-refractivity contribution < 1.29 is 0 Å². The molecular weight excluding hydrogens is 296 g/mol. The third-order valence-corrected chi connectivity index (χ3v) is 0. The molecule has 64 valence electrons. The zero-order chi connectivity index (χ0) is 4.50. The SMILES string of the molecule is Cl.Cl.Cl.Cl.ClC(Cl)(Cl)Cl. The van der Waals surface area contributed by atoms with E-state index in [4.69, 9.17) is 46.4 Å². The molecule has 0 unspecified atom stereocenters. The van der Waals surface area contributed by atoms with E-state index in [2.05, 4.69) is 0 Å². The van der Waals surface area contributed by atoms with Gasteiger partial charge < -0.3 is 0 Å². The standard InChI is InChI=1S/CCl4.4ClH/c2-1(3,4)5;;;;/h;4*1H. The lowest BCUT2D eigenvalue weighted by Gasteiger charge is -1.91. The molecular formula is CH4Cl8. The topological polar surface area (TPSA) is 0 Å². The minimum Gasteiger partial charge on any atom is -0.147 e. The van der Waals surface area contributed by atoms with E-state index in [9.17, 15) is 0 Å². The molecule has 0 heterocycles. The van der Waals surface area contributed by atoms with Crippen LogP contribution in [0.25, 0.3) is 0 Å². The highest BCUT2D eigenvalue weighted by Gasteiger charge is 2.11. The molecule has 0 amide bonds. The molecule has 0 aliphatic rings. The normalized spacial score (nSPS) is 6.67. The molecule has 0 radical (unpaired) electrons. The van der Waals surface area contributed by atoms with Gasteiger partial charge in [0.25, 0.3) is 3.25 Å². The Labute approximate surface area is 98.6 Å². The average Bonchev–Trinajstić information content (AvgIpc) is 0.722. The number of rotatable bonds is 0. The van der Waals surface area contributed by atoms with Crippen molar-refractivity contribution >= 4 is 96.0 Å². The van der Waals surface area contributed by atoms with Crippen LogP contribution in [-0.2, 0) is 0 Å². The number of halogens is 8. The maximum atomic E-state index is 4.83. The summed E-state index contributed by atoms with van der Waals surface area (Å²) >= 11 is 19.3. The Morgan fingerprint density at radius 1 is 0.556 bits per heavy atom. The smallest absolute Gasteiger partial charge is 0.147 e. The van der Waals surface area contributed by atoms with Crippen LogP contribution in [-0.4, -0.2) is 3.25 Å². The largest absolute Gasteiger partial charge is 0.266 e. The number of alkyl halides is 4. The van der Waals surface area contributed by atoms with Crippen LogP contribution in [0.4, 0.5) is 0 Å². The molecule has 0 aliphatic carbocycles. The summed E-state index contributed by atoms with van der Waals surface area (Å²) < 4.78 is -1.61. The first kappa shape index (κ1) is 30.2. The van der Waals surface area contributed by atoms with Crippen LogP contribution in [0.5, 0.6) is 0 Å². The Hall–Kier alpha value is 2.32. The molecule has 8 heteroatoms. The summed E-state index contributed by atoms with van der Waals surface area (Å²) in [6.45, 7) is 0. The van der Waals surface area contributed by atoms with Gasteiger partial charge in [-0.25, -0.2) is 0 Å². The molecule has 0 aromatic heterocycles. The second kappa shape index (κ2) is 12.9. The molecule has 0 aromatic rings. The van der Waals surface area contributed by atoms with Crippen molar-refractivity contribution in [1.82, 2.24) is 0 Å². The summed E-state index contributed by atoms with van der Waals surface area (Å²) in [5.74, 6) is 0. The molecule has 0 fully saturated rings. The molecule has 0 aromatic carbocycles. The second-order valence-corrected chi connectivity index (χ2v) is 3.86. The van der Waals surface area contributed by atoms with Gasteiger partial charge >= 0.3 is 0 Å². The summed E-state index contributed by atoms with van der Waals surface area (Å²) in [5, 5.41) is 0. The third kappa shape index (κ3) is 133. The van der Waals surface area contributed by atoms with E-state index in [0.717, 1.165) is 0 Å². The lowest BCUT2D eigenvalue weighted by atomic mass is 11.8. The fourth-order valence-electron chi connectivity index (χ4n) is 0. The molecule has 0 saturated carbocycles. The van der Waals surface area contributed by atoms with E-state index >= 15 is 0 Å². The first-order valence-corrected chi connectivity index (χ1v) is 2.27. The fourth-order valence-corrected chi connectivity index (χ4v) is 0. The quantitative estimate of drug-likeness (QED) is 0.587. The van der Waals surface area contributed by atoms with E-state index < -0.39 is 3.25 Å². The van der Waals surface area contributed by atoms with E-state index in [1.807, 2.05) is 0 Å². The van der Waals surface area contributed by atoms with Gasteiger partial charge in [-0.05, 0) is 0 Å². The van der Waals surface area contributed by atoms with Gasteiger partial charge in [0.05, 0.1) is 0 Å². The van der Waals surface area contributed by atoms with Crippen molar-refractivity contribution in [2.75, 3.05) is 0 Å². The molecule has 0 atom stereocenters. The summed E-state index contributed by atoms with van der Waals surface area (Å²) in [6.07, 6.45) is 0. The minimum absolute atomic E-state index is 0. The van der Waals surface area contributed by atoms with Crippen LogP contribution >= 0.6 is 96.0 Å². The third-order valence-electron chi connectivity index (χ3n) is 0. The predicted octanol–water partition coefficient (Wildman–Crippen LogP) is 4.24. The van der Waals surface area contributed by atoms with Gasteiger partial charge in [0.1, 0.15) is 0 Å². The Kier molecular flexibility index (Phi) is 43.4. The van der Waals surface area contributed by atoms with Crippen molar-refractivity contribution in [2.24, 2.45) is 0 Å². The summed E-state index contributed by atoms with van der Waals surface area (Å²) in [5.41, 5.74) is 0. The van der Waals surface area contributed by atoms with Crippen LogP contribution in [0.3, 0.4) is 0 Å². The van der Waals surface area contributed by atoms with Crippen molar-refractivity contribution in [1.29, 1.82) is 0 Å². The Morgan fingerprint density at radius 3 is 0.556 bits per heavy atom. The molecule has 0 bridgehead atoms. The van der Waals surface area contributed by atoms with Crippen LogP contribution in [0.1, 0.15) is 0 Å². The average molecular weight is 300 g/mol. The first-order valence-electron chi connectivity index (χ1n) is 0.756. The van der Waals surface area contributed by atoms with Crippen molar-refractivity contribution in [2.45, 2.75) is 3.25 Å². The van der Waals surface area contributed by atoms with E-state index in [1.54, 1.807) is 0 Å². The van der Waals surface area contributed by atoms with Crippen molar-refractivity contribution in [3.63, 3.8) is 0 Å². The van der Waals surface area contributed by atoms with Gasteiger partial charge in [-0.15, -0.1) is 49.6 Å². The van der Waals surface area contributed by atoms with Crippen molar-refractivity contribution in [3.05, 3.63) is 0 Å². The minimum atomic E-state index is -1.61. The molecule has 0 saturated heterocycles. The fraction of sp³-hybridized carbons (Fsp3) is 1.00. The van der Waals surface area contributed by atoms with Gasteiger partial charge in [-0.3, -0.25) is 0 Å². The maximum absolute atomic E-state index is 4.83. The number of hydrogen-bond acceptors (Lipinski definition) is 0. The van der Waals surface area contributed by atoms with Crippen molar-refractivity contribution in [3.8, 4) is 0 Å². The highest BCUT2D eigenvalue weighted by Crippen LogP contribution is 2.29. The second-order valence-electron chi connectivity index (χ2n) is 0.429. The van der Waals surface area contributed by atoms with Crippen LogP contribution in [0.15, 0.2) is 0 Å². The maximum Gasteiger partial charge on any atom is 0.266 e. The summed E-state index contributed by atoms with van der Waals surface area (Å²) in [7, 11) is 0. The van der Waals surface area contributed by atoms with Gasteiger partial charge in [0, 0.05) is 0 Å². The number of hydrogen-bond donors (Lipinski definition) is 0. The van der Waals surface area contributed by atoms with Gasteiger partial charge in [0.15, 0.2) is 0 Å². The Morgan fingerprint density at radius 2 is 0.556 bits per heavy atom. The van der Waals surface area contributed by atoms with Crippen LogP contribution in [0, 0.1) is 0 Å². The predicted molar refractivity (Wildman–Crippen MR) is 55.1 cm³/mol. The van der Waals surface area contributed by atoms with E-state index in [0.29, 0.717) is 0 Å².